The van der Waals surface area contributed by atoms with E-state index in [9.17, 15) is 8.78 Å². The molecule has 1 rings (SSSR count). The first-order valence-corrected chi connectivity index (χ1v) is 5.40. The molecule has 0 saturated carbocycles. The van der Waals surface area contributed by atoms with Gasteiger partial charge in [0.25, 0.3) is 6.43 Å². The highest BCUT2D eigenvalue weighted by Gasteiger charge is 2.11. The second kappa shape index (κ2) is 6.17. The summed E-state index contributed by atoms with van der Waals surface area (Å²) in [6.07, 6.45) is -1.48. The number of nitrogens with zero attached hydrogens (tertiary/aromatic N) is 3. The third-order valence-electron chi connectivity index (χ3n) is 2.09. The van der Waals surface area contributed by atoms with E-state index in [1.165, 1.54) is 11.9 Å². The number of anilines is 3. The van der Waals surface area contributed by atoms with Gasteiger partial charge in [0.1, 0.15) is 11.6 Å². The topological polar surface area (TPSA) is 67.1 Å². The van der Waals surface area contributed by atoms with Crippen LogP contribution in [-0.4, -0.2) is 36.5 Å². The number of nitrogen functional groups attached to an aromatic ring is 1. The highest BCUT2D eigenvalue weighted by Crippen LogP contribution is 2.16. The Morgan fingerprint density at radius 3 is 2.76 bits per heavy atom. The largest absolute Gasteiger partial charge is 0.370 e. The van der Waals surface area contributed by atoms with E-state index in [0.29, 0.717) is 11.6 Å². The van der Waals surface area contributed by atoms with Gasteiger partial charge in [-0.3, -0.25) is 0 Å². The molecule has 1 aromatic heterocycles. The first-order valence-electron chi connectivity index (χ1n) is 5.40. The molecule has 0 bridgehead atoms. The van der Waals surface area contributed by atoms with Crippen LogP contribution in [0.15, 0.2) is 6.07 Å². The lowest BCUT2D eigenvalue weighted by Crippen LogP contribution is -2.25. The minimum Gasteiger partial charge on any atom is -0.370 e. The minimum atomic E-state index is -2.41. The van der Waals surface area contributed by atoms with Crippen LogP contribution in [-0.2, 0) is 0 Å². The van der Waals surface area contributed by atoms with E-state index in [0.717, 1.165) is 13.0 Å². The van der Waals surface area contributed by atoms with E-state index in [1.54, 1.807) is 6.07 Å². The van der Waals surface area contributed by atoms with Gasteiger partial charge in [-0.25, -0.2) is 8.78 Å². The van der Waals surface area contributed by atoms with Crippen molar-refractivity contribution in [2.24, 2.45) is 0 Å². The number of hydrogen-bond acceptors (Lipinski definition) is 5. The average Bonchev–Trinajstić information content (AvgIpc) is 2.24. The molecule has 96 valence electrons. The maximum absolute atomic E-state index is 12.2. The van der Waals surface area contributed by atoms with Crippen LogP contribution in [0, 0.1) is 0 Å². The molecule has 0 spiro atoms. The Kier molecular flexibility index (Phi) is 4.86. The maximum Gasteiger partial charge on any atom is 0.255 e. The Bertz CT molecular complexity index is 359. The van der Waals surface area contributed by atoms with Crippen LogP contribution in [0.1, 0.15) is 13.3 Å². The van der Waals surface area contributed by atoms with Crippen molar-refractivity contribution < 1.29 is 8.78 Å². The molecule has 0 saturated heterocycles. The summed E-state index contributed by atoms with van der Waals surface area (Å²) >= 11 is 0. The molecule has 0 aromatic carbocycles. The molecular formula is C10H17F2N5. The van der Waals surface area contributed by atoms with Crippen molar-refractivity contribution in [3.8, 4) is 0 Å². The van der Waals surface area contributed by atoms with Crippen molar-refractivity contribution in [3.63, 3.8) is 0 Å². The van der Waals surface area contributed by atoms with Gasteiger partial charge in [-0.15, -0.1) is 0 Å². The summed E-state index contributed by atoms with van der Waals surface area (Å²) in [6.45, 7) is 2.37. The lowest BCUT2D eigenvalue weighted by atomic mass is 10.4. The number of nitrogens with one attached hydrogen (secondary N) is 1. The number of aromatic nitrogens is 2. The van der Waals surface area contributed by atoms with Gasteiger partial charge in [0.15, 0.2) is 0 Å². The summed E-state index contributed by atoms with van der Waals surface area (Å²) in [6, 6.07) is 1.61. The third-order valence-corrected chi connectivity index (χ3v) is 2.09. The van der Waals surface area contributed by atoms with Gasteiger partial charge in [-0.05, 0) is 6.42 Å². The highest BCUT2D eigenvalue weighted by molar-refractivity contribution is 5.52. The second-order valence-corrected chi connectivity index (χ2v) is 3.67. The lowest BCUT2D eigenvalue weighted by Gasteiger charge is -2.18. The van der Waals surface area contributed by atoms with Gasteiger partial charge in [0.05, 0.1) is 6.54 Å². The molecule has 1 aromatic rings. The van der Waals surface area contributed by atoms with Crippen LogP contribution in [0.25, 0.3) is 0 Å². The van der Waals surface area contributed by atoms with Gasteiger partial charge in [-0.1, -0.05) is 6.92 Å². The summed E-state index contributed by atoms with van der Waals surface area (Å²) in [5.74, 6) is 1.01. The van der Waals surface area contributed by atoms with E-state index < -0.39 is 6.43 Å². The highest BCUT2D eigenvalue weighted by atomic mass is 19.3. The summed E-state index contributed by atoms with van der Waals surface area (Å²) in [7, 11) is 1.54. The molecule has 0 unspecified atom stereocenters. The normalized spacial score (nSPS) is 10.6. The van der Waals surface area contributed by atoms with E-state index in [-0.39, 0.29) is 12.5 Å². The van der Waals surface area contributed by atoms with Gasteiger partial charge in [-0.2, -0.15) is 9.97 Å². The molecule has 1 heterocycles. The molecule has 0 fully saturated rings. The molecule has 0 aliphatic heterocycles. The summed E-state index contributed by atoms with van der Waals surface area (Å²) in [5.41, 5.74) is 5.52. The zero-order chi connectivity index (χ0) is 12.8. The van der Waals surface area contributed by atoms with E-state index in [2.05, 4.69) is 15.3 Å². The Morgan fingerprint density at radius 2 is 2.18 bits per heavy atom. The fraction of sp³-hybridized carbons (Fsp3) is 0.600. The number of hydrogen-bond donors (Lipinski definition) is 2. The standard InChI is InChI=1S/C10H17F2N5/c1-3-4-14-8-5-9(16-10(13)15-8)17(2)6-7(11)12/h5,7H,3-4,6H2,1-2H3,(H3,13,14,15,16). The van der Waals surface area contributed by atoms with E-state index >= 15 is 0 Å². The van der Waals surface area contributed by atoms with Crippen molar-refractivity contribution >= 4 is 17.6 Å². The molecule has 5 nitrogen and oxygen atoms in total. The van der Waals surface area contributed by atoms with Gasteiger partial charge < -0.3 is 16.0 Å². The molecule has 7 heteroatoms. The summed E-state index contributed by atoms with van der Waals surface area (Å²) in [5, 5.41) is 3.04. The van der Waals surface area contributed by atoms with Crippen LogP contribution >= 0.6 is 0 Å². The number of alkyl halides is 2. The van der Waals surface area contributed by atoms with Crippen LogP contribution in [0.2, 0.25) is 0 Å². The molecular weight excluding hydrogens is 228 g/mol. The molecule has 0 aliphatic carbocycles. The Balaban J connectivity index is 2.80. The Labute approximate surface area is 99.0 Å². The van der Waals surface area contributed by atoms with Crippen LogP contribution < -0.4 is 16.0 Å². The van der Waals surface area contributed by atoms with Crippen molar-refractivity contribution in [1.82, 2.24) is 9.97 Å². The Hall–Kier alpha value is -1.66. The first-order chi connectivity index (χ1) is 8.02. The fourth-order valence-corrected chi connectivity index (χ4v) is 1.29. The van der Waals surface area contributed by atoms with Crippen molar-refractivity contribution in [2.45, 2.75) is 19.8 Å². The number of halogens is 2. The van der Waals surface area contributed by atoms with Gasteiger partial charge >= 0.3 is 0 Å². The van der Waals surface area contributed by atoms with Crippen LogP contribution in [0.3, 0.4) is 0 Å². The minimum absolute atomic E-state index is 0.0715. The molecule has 17 heavy (non-hydrogen) atoms. The second-order valence-electron chi connectivity index (χ2n) is 3.67. The van der Waals surface area contributed by atoms with Crippen LogP contribution in [0.4, 0.5) is 26.4 Å². The van der Waals surface area contributed by atoms with Crippen molar-refractivity contribution in [2.75, 3.05) is 36.1 Å². The monoisotopic (exact) mass is 245 g/mol. The summed E-state index contributed by atoms with van der Waals surface area (Å²) in [4.78, 5) is 9.24. The third kappa shape index (κ3) is 4.38. The van der Waals surface area contributed by atoms with E-state index in [4.69, 9.17) is 5.73 Å². The Morgan fingerprint density at radius 1 is 1.47 bits per heavy atom. The zero-order valence-corrected chi connectivity index (χ0v) is 9.95. The molecule has 0 aliphatic rings. The van der Waals surface area contributed by atoms with Crippen molar-refractivity contribution in [3.05, 3.63) is 6.07 Å². The number of nitrogens with two attached hydrogens (primary N) is 1. The first kappa shape index (κ1) is 13.4. The van der Waals surface area contributed by atoms with Crippen LogP contribution in [0.5, 0.6) is 0 Å². The SMILES string of the molecule is CCCNc1cc(N(C)CC(F)F)nc(N)n1. The van der Waals surface area contributed by atoms with Crippen molar-refractivity contribution in [1.29, 1.82) is 0 Å². The molecule has 3 N–H and O–H groups in total. The average molecular weight is 245 g/mol. The summed E-state index contributed by atoms with van der Waals surface area (Å²) < 4.78 is 24.5. The maximum atomic E-state index is 12.2. The smallest absolute Gasteiger partial charge is 0.255 e. The lowest BCUT2D eigenvalue weighted by molar-refractivity contribution is 0.156. The van der Waals surface area contributed by atoms with Gasteiger partial charge in [0.2, 0.25) is 5.95 Å². The molecule has 0 amide bonds. The molecule has 0 atom stereocenters. The zero-order valence-electron chi connectivity index (χ0n) is 9.95. The fourth-order valence-electron chi connectivity index (χ4n) is 1.29. The predicted octanol–water partition coefficient (Wildman–Crippen LogP) is 1.58. The molecule has 0 radical (unpaired) electrons. The predicted molar refractivity (Wildman–Crippen MR) is 64.5 cm³/mol. The quantitative estimate of drug-likeness (QED) is 0.796. The van der Waals surface area contributed by atoms with E-state index in [1.807, 2.05) is 6.92 Å². The van der Waals surface area contributed by atoms with Gasteiger partial charge in [0, 0.05) is 19.7 Å². The number of rotatable bonds is 6.